The predicted molar refractivity (Wildman–Crippen MR) is 69.8 cm³/mol. The summed E-state index contributed by atoms with van der Waals surface area (Å²) in [6, 6.07) is 1.71. The molecule has 0 aliphatic heterocycles. The topological polar surface area (TPSA) is 93.3 Å². The maximum Gasteiger partial charge on any atom is 0.338 e. The Bertz CT molecular complexity index is 488. The highest BCUT2D eigenvalue weighted by Gasteiger charge is 2.22. The van der Waals surface area contributed by atoms with Crippen LogP contribution in [-0.4, -0.2) is 27.2 Å². The summed E-state index contributed by atoms with van der Waals surface area (Å²) in [5.41, 5.74) is 6.76. The predicted octanol–water partition coefficient (Wildman–Crippen LogP) is 1.75. The average molecular weight is 268 g/mol. The van der Waals surface area contributed by atoms with Crippen molar-refractivity contribution in [3.8, 4) is 0 Å². The number of aromatic nitrogens is 1. The molecule has 0 fully saturated rings. The average Bonchev–Trinajstić information content (AvgIpc) is 2.23. The van der Waals surface area contributed by atoms with Crippen molar-refractivity contribution >= 4 is 23.6 Å². The molecule has 1 amide bonds. The van der Waals surface area contributed by atoms with Crippen LogP contribution in [0.5, 0.6) is 0 Å². The number of carboxylic acid groups (broad SMARTS) is 1. The third-order valence-electron chi connectivity index (χ3n) is 2.47. The number of amides is 1. The van der Waals surface area contributed by atoms with Gasteiger partial charge in [0.15, 0.2) is 0 Å². The molecule has 0 radical (unpaired) electrons. The molecular weight excluding hydrogens is 252 g/mol. The summed E-state index contributed by atoms with van der Waals surface area (Å²) < 4.78 is 0. The SMILES string of the molecule is CCC(Sc1nc(C)cc(C)c1C(=O)O)C(N)=O. The quantitative estimate of drug-likeness (QED) is 0.793. The maximum atomic E-state index is 11.2. The van der Waals surface area contributed by atoms with Crippen molar-refractivity contribution < 1.29 is 14.7 Å². The minimum Gasteiger partial charge on any atom is -0.478 e. The second kappa shape index (κ2) is 5.86. The molecule has 98 valence electrons. The van der Waals surface area contributed by atoms with E-state index in [1.807, 2.05) is 6.92 Å². The number of carbonyl (C=O) groups is 2. The third kappa shape index (κ3) is 3.22. The van der Waals surface area contributed by atoms with Crippen molar-refractivity contribution in [2.75, 3.05) is 0 Å². The number of aryl methyl sites for hydroxylation is 2. The molecule has 0 aliphatic rings. The number of carboxylic acids is 1. The summed E-state index contributed by atoms with van der Waals surface area (Å²) in [4.78, 5) is 26.6. The smallest absolute Gasteiger partial charge is 0.338 e. The Morgan fingerprint density at radius 3 is 2.56 bits per heavy atom. The molecule has 1 aromatic rings. The van der Waals surface area contributed by atoms with Crippen molar-refractivity contribution in [1.82, 2.24) is 4.98 Å². The Kier molecular flexibility index (Phi) is 4.72. The molecular formula is C12H16N2O3S. The van der Waals surface area contributed by atoms with E-state index in [4.69, 9.17) is 5.73 Å². The number of pyridine rings is 1. The van der Waals surface area contributed by atoms with Gasteiger partial charge in [-0.25, -0.2) is 9.78 Å². The number of hydrogen-bond donors (Lipinski definition) is 2. The molecule has 0 aromatic carbocycles. The van der Waals surface area contributed by atoms with Gasteiger partial charge in [0.1, 0.15) is 5.03 Å². The second-order valence-corrected chi connectivity index (χ2v) is 5.17. The molecule has 0 spiro atoms. The number of thioether (sulfide) groups is 1. The maximum absolute atomic E-state index is 11.2. The van der Waals surface area contributed by atoms with Crippen LogP contribution in [-0.2, 0) is 4.79 Å². The largest absolute Gasteiger partial charge is 0.478 e. The van der Waals surface area contributed by atoms with E-state index in [1.54, 1.807) is 19.9 Å². The van der Waals surface area contributed by atoms with Crippen molar-refractivity contribution in [2.24, 2.45) is 5.73 Å². The van der Waals surface area contributed by atoms with Crippen molar-refractivity contribution in [3.05, 3.63) is 22.9 Å². The molecule has 0 aliphatic carbocycles. The number of rotatable bonds is 5. The molecule has 1 rings (SSSR count). The first-order chi connectivity index (χ1) is 8.36. The highest BCUT2D eigenvalue weighted by Crippen LogP contribution is 2.29. The monoisotopic (exact) mass is 268 g/mol. The van der Waals surface area contributed by atoms with E-state index in [-0.39, 0.29) is 5.56 Å². The van der Waals surface area contributed by atoms with Gasteiger partial charge in [0.05, 0.1) is 10.8 Å². The van der Waals surface area contributed by atoms with Crippen LogP contribution in [0.3, 0.4) is 0 Å². The first kappa shape index (κ1) is 14.5. The van der Waals surface area contributed by atoms with Crippen LogP contribution in [0, 0.1) is 13.8 Å². The minimum absolute atomic E-state index is 0.144. The van der Waals surface area contributed by atoms with Gasteiger partial charge in [-0.2, -0.15) is 0 Å². The van der Waals surface area contributed by atoms with Crippen LogP contribution >= 0.6 is 11.8 Å². The van der Waals surface area contributed by atoms with Crippen LogP contribution in [0.25, 0.3) is 0 Å². The van der Waals surface area contributed by atoms with E-state index in [1.165, 1.54) is 0 Å². The normalized spacial score (nSPS) is 12.2. The molecule has 3 N–H and O–H groups in total. The fourth-order valence-corrected chi connectivity index (χ4v) is 2.74. The summed E-state index contributed by atoms with van der Waals surface area (Å²) in [5.74, 6) is -1.50. The Balaban J connectivity index is 3.22. The number of aromatic carboxylic acids is 1. The Hall–Kier alpha value is -1.56. The Morgan fingerprint density at radius 2 is 2.11 bits per heavy atom. The molecule has 0 saturated carbocycles. The molecule has 1 atom stereocenters. The van der Waals surface area contributed by atoms with E-state index >= 15 is 0 Å². The van der Waals surface area contributed by atoms with E-state index in [9.17, 15) is 14.7 Å². The van der Waals surface area contributed by atoms with Crippen molar-refractivity contribution in [3.63, 3.8) is 0 Å². The van der Waals surface area contributed by atoms with E-state index in [0.29, 0.717) is 17.0 Å². The fourth-order valence-electron chi connectivity index (χ4n) is 1.63. The molecule has 1 unspecified atom stereocenters. The number of nitrogens with zero attached hydrogens (tertiary/aromatic N) is 1. The first-order valence-electron chi connectivity index (χ1n) is 5.54. The van der Waals surface area contributed by atoms with Gasteiger partial charge in [0.2, 0.25) is 5.91 Å². The zero-order chi connectivity index (χ0) is 13.9. The van der Waals surface area contributed by atoms with Gasteiger partial charge in [-0.1, -0.05) is 18.7 Å². The van der Waals surface area contributed by atoms with Crippen molar-refractivity contribution in [2.45, 2.75) is 37.5 Å². The lowest BCUT2D eigenvalue weighted by Gasteiger charge is -2.13. The van der Waals surface area contributed by atoms with Crippen LogP contribution in [0.4, 0.5) is 0 Å². The number of primary amides is 1. The molecule has 1 aromatic heterocycles. The van der Waals surface area contributed by atoms with Crippen LogP contribution in [0.15, 0.2) is 11.1 Å². The summed E-state index contributed by atoms with van der Waals surface area (Å²) in [6.45, 7) is 5.33. The third-order valence-corrected chi connectivity index (χ3v) is 3.84. The summed E-state index contributed by atoms with van der Waals surface area (Å²) in [5, 5.41) is 9.08. The zero-order valence-corrected chi connectivity index (χ0v) is 11.4. The number of carbonyl (C=O) groups excluding carboxylic acids is 1. The standard InChI is InChI=1S/C12H16N2O3S/c1-4-8(10(13)15)18-11-9(12(16)17)6(2)5-7(3)14-11/h5,8H,4H2,1-3H3,(H2,13,15)(H,16,17). The van der Waals surface area contributed by atoms with Gasteiger partial charge >= 0.3 is 5.97 Å². The van der Waals surface area contributed by atoms with E-state index < -0.39 is 17.1 Å². The lowest BCUT2D eigenvalue weighted by molar-refractivity contribution is -0.117. The Labute approximate surface area is 110 Å². The fraction of sp³-hybridized carbons (Fsp3) is 0.417. The highest BCUT2D eigenvalue weighted by atomic mass is 32.2. The van der Waals surface area contributed by atoms with E-state index in [2.05, 4.69) is 4.98 Å². The van der Waals surface area contributed by atoms with Gasteiger partial charge in [-0.3, -0.25) is 4.79 Å². The highest BCUT2D eigenvalue weighted by molar-refractivity contribution is 8.00. The Morgan fingerprint density at radius 1 is 1.50 bits per heavy atom. The zero-order valence-electron chi connectivity index (χ0n) is 10.6. The molecule has 18 heavy (non-hydrogen) atoms. The molecule has 0 saturated heterocycles. The molecule has 5 nitrogen and oxygen atoms in total. The molecule has 0 bridgehead atoms. The van der Waals surface area contributed by atoms with Crippen molar-refractivity contribution in [1.29, 1.82) is 0 Å². The van der Waals surface area contributed by atoms with Gasteiger partial charge in [0, 0.05) is 5.69 Å². The van der Waals surface area contributed by atoms with Gasteiger partial charge < -0.3 is 10.8 Å². The first-order valence-corrected chi connectivity index (χ1v) is 6.42. The number of nitrogens with two attached hydrogens (primary N) is 1. The lowest BCUT2D eigenvalue weighted by atomic mass is 10.1. The van der Waals surface area contributed by atoms with E-state index in [0.717, 1.165) is 17.5 Å². The summed E-state index contributed by atoms with van der Waals surface area (Å²) >= 11 is 1.11. The molecule has 1 heterocycles. The second-order valence-electron chi connectivity index (χ2n) is 3.98. The molecule has 6 heteroatoms. The minimum atomic E-state index is -1.04. The lowest BCUT2D eigenvalue weighted by Crippen LogP contribution is -2.25. The van der Waals surface area contributed by atoms with Crippen LogP contribution < -0.4 is 5.73 Å². The number of hydrogen-bond acceptors (Lipinski definition) is 4. The van der Waals surface area contributed by atoms with Gasteiger partial charge in [-0.05, 0) is 31.9 Å². The van der Waals surface area contributed by atoms with Crippen LogP contribution in [0.2, 0.25) is 0 Å². The summed E-state index contributed by atoms with van der Waals surface area (Å²) in [7, 11) is 0. The summed E-state index contributed by atoms with van der Waals surface area (Å²) in [6.07, 6.45) is 0.535. The van der Waals surface area contributed by atoms with Gasteiger partial charge in [-0.15, -0.1) is 0 Å². The van der Waals surface area contributed by atoms with Gasteiger partial charge in [0.25, 0.3) is 0 Å². The van der Waals surface area contributed by atoms with Crippen LogP contribution in [0.1, 0.15) is 35.0 Å².